The standard InChI is InChI=1S/C48H30N4O2/c1-48(2)37-17-9-6-14-29(37)35-25-36-30-15-7-10-18-39(30)52(40(36)26-38(35)48)47-50-45(27-12-4-3-5-13-27)49-46(51-47)28-20-21-32-34-23-22-33-31-16-8-11-19-41(31)53-43(33)44(34)54-42(32)24-28/h3-26H,1-2H3. The SMILES string of the molecule is CC1(C)c2ccccc2-c2cc3c4ccccc4n(-c4nc(-c5ccccc5)nc(-c5ccc6c(c5)oc5c6ccc6c7ccccc7oc65)n4)c3cc21. The molecular formula is C48H30N4O2. The van der Waals surface area contributed by atoms with Gasteiger partial charge >= 0.3 is 0 Å². The molecule has 0 bridgehead atoms. The maximum Gasteiger partial charge on any atom is 0.238 e. The molecule has 0 atom stereocenters. The van der Waals surface area contributed by atoms with Crippen molar-refractivity contribution >= 4 is 65.7 Å². The Kier molecular flexibility index (Phi) is 5.75. The van der Waals surface area contributed by atoms with Crippen LogP contribution in [0, 0.1) is 0 Å². The second kappa shape index (κ2) is 10.5. The fourth-order valence-corrected chi connectivity index (χ4v) is 8.84. The van der Waals surface area contributed by atoms with Gasteiger partial charge in [-0.15, -0.1) is 0 Å². The number of hydrogen-bond donors (Lipinski definition) is 0. The summed E-state index contributed by atoms with van der Waals surface area (Å²) >= 11 is 0. The number of rotatable bonds is 3. The number of hydrogen-bond acceptors (Lipinski definition) is 5. The summed E-state index contributed by atoms with van der Waals surface area (Å²) in [6.45, 7) is 4.64. The van der Waals surface area contributed by atoms with E-state index in [1.807, 2.05) is 54.6 Å². The predicted molar refractivity (Wildman–Crippen MR) is 217 cm³/mol. The quantitative estimate of drug-likeness (QED) is 0.184. The van der Waals surface area contributed by atoms with Crippen LogP contribution >= 0.6 is 0 Å². The van der Waals surface area contributed by atoms with Crippen molar-refractivity contribution in [1.29, 1.82) is 0 Å². The van der Waals surface area contributed by atoms with E-state index in [0.29, 0.717) is 17.6 Å². The van der Waals surface area contributed by atoms with Gasteiger partial charge in [0.2, 0.25) is 5.95 Å². The minimum atomic E-state index is -0.156. The average Bonchev–Trinajstić information content (AvgIpc) is 3.94. The molecule has 0 radical (unpaired) electrons. The number of benzene rings is 7. The lowest BCUT2D eigenvalue weighted by Gasteiger charge is -2.21. The van der Waals surface area contributed by atoms with E-state index in [4.69, 9.17) is 23.8 Å². The Hall–Kier alpha value is -7.05. The number of para-hydroxylation sites is 2. The fourth-order valence-electron chi connectivity index (χ4n) is 8.84. The first-order valence-electron chi connectivity index (χ1n) is 18.3. The molecule has 54 heavy (non-hydrogen) atoms. The van der Waals surface area contributed by atoms with E-state index in [9.17, 15) is 0 Å². The second-order valence-corrected chi connectivity index (χ2v) is 14.8. The van der Waals surface area contributed by atoms with Crippen LogP contribution in [-0.2, 0) is 5.41 Å². The lowest BCUT2D eigenvalue weighted by atomic mass is 9.82. The van der Waals surface area contributed by atoms with Crippen molar-refractivity contribution in [2.45, 2.75) is 19.3 Å². The monoisotopic (exact) mass is 694 g/mol. The molecule has 0 unspecified atom stereocenters. The molecule has 11 aromatic rings. The number of nitrogens with zero attached hydrogens (tertiary/aromatic N) is 4. The van der Waals surface area contributed by atoms with Crippen LogP contribution in [0.25, 0.3) is 106 Å². The molecule has 0 amide bonds. The van der Waals surface area contributed by atoms with Crippen LogP contribution < -0.4 is 0 Å². The van der Waals surface area contributed by atoms with Gasteiger partial charge in [-0.2, -0.15) is 9.97 Å². The lowest BCUT2D eigenvalue weighted by Crippen LogP contribution is -2.15. The van der Waals surface area contributed by atoms with Gasteiger partial charge in [0, 0.05) is 48.9 Å². The highest BCUT2D eigenvalue weighted by Crippen LogP contribution is 2.51. The summed E-state index contributed by atoms with van der Waals surface area (Å²) in [6, 6.07) is 50.7. The number of furan rings is 2. The van der Waals surface area contributed by atoms with E-state index in [0.717, 1.165) is 71.4 Å². The normalized spacial score (nSPS) is 13.5. The van der Waals surface area contributed by atoms with Crippen LogP contribution in [0.1, 0.15) is 25.0 Å². The van der Waals surface area contributed by atoms with E-state index in [-0.39, 0.29) is 5.41 Å². The Labute approximate surface area is 309 Å². The van der Waals surface area contributed by atoms with Gasteiger partial charge in [-0.3, -0.25) is 4.57 Å². The third kappa shape index (κ3) is 3.97. The van der Waals surface area contributed by atoms with Crippen LogP contribution in [-0.4, -0.2) is 19.5 Å². The van der Waals surface area contributed by atoms with Gasteiger partial charge in [0.15, 0.2) is 22.8 Å². The summed E-state index contributed by atoms with van der Waals surface area (Å²) in [6.07, 6.45) is 0. The van der Waals surface area contributed by atoms with Crippen molar-refractivity contribution in [3.8, 4) is 39.9 Å². The highest BCUT2D eigenvalue weighted by atomic mass is 16.4. The molecular weight excluding hydrogens is 665 g/mol. The van der Waals surface area contributed by atoms with Crippen LogP contribution in [0.2, 0.25) is 0 Å². The molecule has 12 rings (SSSR count). The van der Waals surface area contributed by atoms with Crippen LogP contribution in [0.5, 0.6) is 0 Å². The Morgan fingerprint density at radius 3 is 1.93 bits per heavy atom. The number of fused-ring (bicyclic) bond motifs is 13. The maximum atomic E-state index is 6.61. The molecule has 1 aliphatic carbocycles. The van der Waals surface area contributed by atoms with Crippen molar-refractivity contribution in [3.63, 3.8) is 0 Å². The molecule has 7 aromatic carbocycles. The van der Waals surface area contributed by atoms with E-state index < -0.39 is 0 Å². The largest absolute Gasteiger partial charge is 0.452 e. The second-order valence-electron chi connectivity index (χ2n) is 14.8. The van der Waals surface area contributed by atoms with E-state index in [1.54, 1.807) is 0 Å². The molecule has 0 aliphatic heterocycles. The van der Waals surface area contributed by atoms with Crippen molar-refractivity contribution in [3.05, 3.63) is 157 Å². The predicted octanol–water partition coefficient (Wildman–Crippen LogP) is 12.4. The summed E-state index contributed by atoms with van der Waals surface area (Å²) in [7, 11) is 0. The van der Waals surface area contributed by atoms with E-state index in [2.05, 4.69) is 109 Å². The van der Waals surface area contributed by atoms with Crippen LogP contribution in [0.15, 0.2) is 154 Å². The van der Waals surface area contributed by atoms with Gasteiger partial charge in [-0.05, 0) is 70.8 Å². The average molecular weight is 695 g/mol. The first kappa shape index (κ1) is 29.5. The molecule has 254 valence electrons. The topological polar surface area (TPSA) is 69.9 Å². The minimum absolute atomic E-state index is 0.156. The summed E-state index contributed by atoms with van der Waals surface area (Å²) in [5.41, 5.74) is 12.0. The zero-order valence-electron chi connectivity index (χ0n) is 29.5. The first-order valence-corrected chi connectivity index (χ1v) is 18.3. The fraction of sp³-hybridized carbons (Fsp3) is 0.0625. The molecule has 0 N–H and O–H groups in total. The van der Waals surface area contributed by atoms with Crippen molar-refractivity contribution in [1.82, 2.24) is 19.5 Å². The molecule has 0 fully saturated rings. The third-order valence-electron chi connectivity index (χ3n) is 11.5. The molecule has 4 heterocycles. The molecule has 1 aliphatic rings. The Morgan fingerprint density at radius 2 is 1.09 bits per heavy atom. The minimum Gasteiger partial charge on any atom is -0.452 e. The molecule has 0 spiro atoms. The van der Waals surface area contributed by atoms with Gasteiger partial charge < -0.3 is 8.83 Å². The van der Waals surface area contributed by atoms with E-state index in [1.165, 1.54) is 27.6 Å². The highest BCUT2D eigenvalue weighted by Gasteiger charge is 2.36. The molecule has 6 nitrogen and oxygen atoms in total. The Morgan fingerprint density at radius 1 is 0.444 bits per heavy atom. The van der Waals surface area contributed by atoms with E-state index >= 15 is 0 Å². The Balaban J connectivity index is 1.10. The molecule has 0 saturated carbocycles. The van der Waals surface area contributed by atoms with Gasteiger partial charge in [0.1, 0.15) is 11.2 Å². The number of aromatic nitrogens is 4. The van der Waals surface area contributed by atoms with Gasteiger partial charge in [-0.25, -0.2) is 4.98 Å². The smallest absolute Gasteiger partial charge is 0.238 e. The maximum absolute atomic E-state index is 6.61. The lowest BCUT2D eigenvalue weighted by molar-refractivity contribution is 0.633. The van der Waals surface area contributed by atoms with Crippen molar-refractivity contribution < 1.29 is 8.83 Å². The zero-order chi connectivity index (χ0) is 35.7. The van der Waals surface area contributed by atoms with Gasteiger partial charge in [-0.1, -0.05) is 111 Å². The summed E-state index contributed by atoms with van der Waals surface area (Å²) in [5.74, 6) is 1.73. The highest BCUT2D eigenvalue weighted by molar-refractivity contribution is 6.19. The Bertz CT molecular complexity index is 3370. The summed E-state index contributed by atoms with van der Waals surface area (Å²) in [4.78, 5) is 15.6. The first-order chi connectivity index (χ1) is 26.5. The summed E-state index contributed by atoms with van der Waals surface area (Å²) < 4.78 is 15.1. The van der Waals surface area contributed by atoms with Crippen LogP contribution in [0.4, 0.5) is 0 Å². The summed E-state index contributed by atoms with van der Waals surface area (Å²) in [5, 5.41) is 6.45. The van der Waals surface area contributed by atoms with Crippen molar-refractivity contribution in [2.24, 2.45) is 0 Å². The molecule has 0 saturated heterocycles. The molecule has 4 aromatic heterocycles. The van der Waals surface area contributed by atoms with Crippen molar-refractivity contribution in [2.75, 3.05) is 0 Å². The third-order valence-corrected chi connectivity index (χ3v) is 11.5. The van der Waals surface area contributed by atoms with Crippen LogP contribution in [0.3, 0.4) is 0 Å². The molecule has 6 heteroatoms. The van der Waals surface area contributed by atoms with Gasteiger partial charge in [0.25, 0.3) is 0 Å². The zero-order valence-corrected chi connectivity index (χ0v) is 29.5. The van der Waals surface area contributed by atoms with Gasteiger partial charge in [0.05, 0.1) is 11.0 Å².